The Labute approximate surface area is 129 Å². The molecule has 0 aromatic heterocycles. The molecule has 3 aliphatic rings. The van der Waals surface area contributed by atoms with Gasteiger partial charge in [0.2, 0.25) is 0 Å². The van der Waals surface area contributed by atoms with Crippen LogP contribution in [0.3, 0.4) is 0 Å². The molecule has 1 aliphatic carbocycles. The fraction of sp³-hybridized carbons (Fsp3) is 1.00. The standard InChI is InChI=1S/C15H29N3O2S/c1-13-6-10-18(11-7-13)21(19,20)16-14-8-9-17(12-14)15-4-2-3-5-15/h13-16H,2-12H2,1H3/t14-/m0/s1. The second-order valence-corrected chi connectivity index (χ2v) is 8.83. The first-order chi connectivity index (χ1) is 10.0. The average Bonchev–Trinajstić information content (AvgIpc) is 3.09. The third-order valence-corrected chi connectivity index (χ3v) is 7.14. The van der Waals surface area contributed by atoms with E-state index in [0.29, 0.717) is 25.0 Å². The Morgan fingerprint density at radius 2 is 1.62 bits per heavy atom. The summed E-state index contributed by atoms with van der Waals surface area (Å²) in [4.78, 5) is 2.50. The molecule has 1 saturated carbocycles. The minimum atomic E-state index is -3.28. The van der Waals surface area contributed by atoms with Crippen molar-refractivity contribution >= 4 is 10.2 Å². The van der Waals surface area contributed by atoms with E-state index in [0.717, 1.165) is 32.4 Å². The lowest BCUT2D eigenvalue weighted by Crippen LogP contribution is -2.49. The van der Waals surface area contributed by atoms with Gasteiger partial charge in [-0.15, -0.1) is 0 Å². The summed E-state index contributed by atoms with van der Waals surface area (Å²) in [6.45, 7) is 5.50. The molecule has 0 aromatic rings. The number of likely N-dealkylation sites (tertiary alicyclic amines) is 1. The van der Waals surface area contributed by atoms with Crippen LogP contribution in [0.25, 0.3) is 0 Å². The van der Waals surface area contributed by atoms with E-state index in [4.69, 9.17) is 0 Å². The predicted octanol–water partition coefficient (Wildman–Crippen LogP) is 1.57. The summed E-state index contributed by atoms with van der Waals surface area (Å²) in [7, 11) is -3.28. The Morgan fingerprint density at radius 1 is 0.952 bits per heavy atom. The maximum absolute atomic E-state index is 12.5. The molecule has 0 radical (unpaired) electrons. The van der Waals surface area contributed by atoms with Gasteiger partial charge in [0.25, 0.3) is 10.2 Å². The zero-order chi connectivity index (χ0) is 14.9. The van der Waals surface area contributed by atoms with E-state index in [9.17, 15) is 8.42 Å². The zero-order valence-electron chi connectivity index (χ0n) is 13.1. The Bertz CT molecular complexity index is 440. The van der Waals surface area contributed by atoms with Crippen molar-refractivity contribution in [2.24, 2.45) is 5.92 Å². The van der Waals surface area contributed by atoms with E-state index in [-0.39, 0.29) is 6.04 Å². The summed E-state index contributed by atoms with van der Waals surface area (Å²) < 4.78 is 29.5. The number of nitrogens with one attached hydrogen (secondary N) is 1. The van der Waals surface area contributed by atoms with Gasteiger partial charge in [-0.25, -0.2) is 0 Å². The van der Waals surface area contributed by atoms with E-state index in [2.05, 4.69) is 16.5 Å². The number of hydrogen-bond donors (Lipinski definition) is 1. The fourth-order valence-electron chi connectivity index (χ4n) is 3.99. The van der Waals surface area contributed by atoms with Crippen LogP contribution in [0.4, 0.5) is 0 Å². The van der Waals surface area contributed by atoms with Gasteiger partial charge in [0.1, 0.15) is 0 Å². The van der Waals surface area contributed by atoms with Crippen molar-refractivity contribution in [3.05, 3.63) is 0 Å². The van der Waals surface area contributed by atoms with Crippen LogP contribution in [0.15, 0.2) is 0 Å². The molecule has 6 heteroatoms. The molecule has 0 amide bonds. The van der Waals surface area contributed by atoms with E-state index in [1.54, 1.807) is 4.31 Å². The van der Waals surface area contributed by atoms with Crippen molar-refractivity contribution in [2.45, 2.75) is 64.0 Å². The summed E-state index contributed by atoms with van der Waals surface area (Å²) in [6, 6.07) is 0.810. The largest absolute Gasteiger partial charge is 0.299 e. The molecule has 21 heavy (non-hydrogen) atoms. The topological polar surface area (TPSA) is 52.7 Å². The summed E-state index contributed by atoms with van der Waals surface area (Å²) in [6.07, 6.45) is 8.19. The number of piperidine rings is 1. The lowest BCUT2D eigenvalue weighted by Gasteiger charge is -2.30. The molecule has 3 fully saturated rings. The van der Waals surface area contributed by atoms with Gasteiger partial charge in [-0.2, -0.15) is 17.4 Å². The number of hydrogen-bond acceptors (Lipinski definition) is 3. The molecule has 2 saturated heterocycles. The molecule has 0 unspecified atom stereocenters. The monoisotopic (exact) mass is 315 g/mol. The van der Waals surface area contributed by atoms with E-state index in [1.807, 2.05) is 0 Å². The highest BCUT2D eigenvalue weighted by molar-refractivity contribution is 7.87. The molecular formula is C15H29N3O2S. The van der Waals surface area contributed by atoms with E-state index >= 15 is 0 Å². The van der Waals surface area contributed by atoms with Crippen LogP contribution in [0.1, 0.15) is 51.9 Å². The lowest BCUT2D eigenvalue weighted by atomic mass is 10.0. The highest BCUT2D eigenvalue weighted by atomic mass is 32.2. The Balaban J connectivity index is 1.51. The molecule has 0 spiro atoms. The molecular weight excluding hydrogens is 286 g/mol. The van der Waals surface area contributed by atoms with Gasteiger partial charge in [0, 0.05) is 38.3 Å². The average molecular weight is 315 g/mol. The summed E-state index contributed by atoms with van der Waals surface area (Å²) in [5, 5.41) is 0. The molecule has 5 nitrogen and oxygen atoms in total. The van der Waals surface area contributed by atoms with Gasteiger partial charge in [-0.1, -0.05) is 19.8 Å². The molecule has 0 bridgehead atoms. The maximum atomic E-state index is 12.5. The van der Waals surface area contributed by atoms with Crippen LogP contribution in [0, 0.1) is 5.92 Å². The number of rotatable bonds is 4. The van der Waals surface area contributed by atoms with E-state index < -0.39 is 10.2 Å². The first-order valence-electron chi connectivity index (χ1n) is 8.56. The molecule has 3 rings (SSSR count). The Kier molecular flexibility index (Phi) is 4.88. The molecule has 122 valence electrons. The SMILES string of the molecule is CC1CCN(S(=O)(=O)N[C@H]2CCN(C3CCCC3)C2)CC1. The highest BCUT2D eigenvalue weighted by Gasteiger charge is 2.34. The molecule has 1 N–H and O–H groups in total. The Hall–Kier alpha value is -0.170. The van der Waals surface area contributed by atoms with Crippen molar-refractivity contribution in [3.63, 3.8) is 0 Å². The quantitative estimate of drug-likeness (QED) is 0.857. The maximum Gasteiger partial charge on any atom is 0.279 e. The summed E-state index contributed by atoms with van der Waals surface area (Å²) in [5.74, 6) is 0.654. The van der Waals surface area contributed by atoms with E-state index in [1.165, 1.54) is 25.7 Å². The molecule has 1 atom stereocenters. The first-order valence-corrected chi connectivity index (χ1v) is 10.00. The minimum Gasteiger partial charge on any atom is -0.299 e. The van der Waals surface area contributed by atoms with Crippen LogP contribution in [-0.2, 0) is 10.2 Å². The second kappa shape index (κ2) is 6.52. The van der Waals surface area contributed by atoms with Crippen LogP contribution >= 0.6 is 0 Å². The smallest absolute Gasteiger partial charge is 0.279 e. The third kappa shape index (κ3) is 3.78. The van der Waals surface area contributed by atoms with Gasteiger partial charge >= 0.3 is 0 Å². The summed E-state index contributed by atoms with van der Waals surface area (Å²) in [5.41, 5.74) is 0. The fourth-order valence-corrected chi connectivity index (χ4v) is 5.45. The van der Waals surface area contributed by atoms with Gasteiger partial charge in [-0.3, -0.25) is 4.90 Å². The second-order valence-electron chi connectivity index (χ2n) is 7.12. The van der Waals surface area contributed by atoms with Crippen LogP contribution in [0.2, 0.25) is 0 Å². The van der Waals surface area contributed by atoms with Gasteiger partial charge in [0.15, 0.2) is 0 Å². The minimum absolute atomic E-state index is 0.106. The van der Waals surface area contributed by atoms with Crippen LogP contribution in [0.5, 0.6) is 0 Å². The van der Waals surface area contributed by atoms with Crippen molar-refractivity contribution in [1.82, 2.24) is 13.9 Å². The molecule has 0 aromatic carbocycles. The van der Waals surface area contributed by atoms with Crippen molar-refractivity contribution in [1.29, 1.82) is 0 Å². The Morgan fingerprint density at radius 3 is 2.29 bits per heavy atom. The third-order valence-electron chi connectivity index (χ3n) is 5.46. The van der Waals surface area contributed by atoms with Gasteiger partial charge < -0.3 is 0 Å². The first kappa shape index (κ1) is 15.7. The number of nitrogens with zero attached hydrogens (tertiary/aromatic N) is 2. The van der Waals surface area contributed by atoms with Gasteiger partial charge in [0.05, 0.1) is 0 Å². The highest BCUT2D eigenvalue weighted by Crippen LogP contribution is 2.27. The normalized spacial score (nSPS) is 31.2. The van der Waals surface area contributed by atoms with Crippen molar-refractivity contribution < 1.29 is 8.42 Å². The summed E-state index contributed by atoms with van der Waals surface area (Å²) >= 11 is 0. The zero-order valence-corrected chi connectivity index (χ0v) is 13.9. The van der Waals surface area contributed by atoms with Gasteiger partial charge in [-0.05, 0) is 38.0 Å². The molecule has 2 aliphatic heterocycles. The lowest BCUT2D eigenvalue weighted by molar-refractivity contribution is 0.241. The predicted molar refractivity (Wildman–Crippen MR) is 84.3 cm³/mol. The van der Waals surface area contributed by atoms with Crippen molar-refractivity contribution in [2.75, 3.05) is 26.2 Å². The van der Waals surface area contributed by atoms with Crippen LogP contribution < -0.4 is 4.72 Å². The van der Waals surface area contributed by atoms with Crippen molar-refractivity contribution in [3.8, 4) is 0 Å². The van der Waals surface area contributed by atoms with Crippen LogP contribution in [-0.4, -0.2) is 55.9 Å². The molecule has 2 heterocycles.